The second-order valence-corrected chi connectivity index (χ2v) is 9.89. The summed E-state index contributed by atoms with van der Waals surface area (Å²) in [6.07, 6.45) is 8.68. The van der Waals surface area contributed by atoms with Crippen LogP contribution in [0.15, 0.2) is 29.2 Å². The van der Waals surface area contributed by atoms with Crippen molar-refractivity contribution in [3.8, 4) is 10.4 Å². The molecule has 3 nitrogen and oxygen atoms in total. The summed E-state index contributed by atoms with van der Waals surface area (Å²) in [6.45, 7) is 3.72. The van der Waals surface area contributed by atoms with Crippen LogP contribution in [0.5, 0.6) is 0 Å². The number of hydrogen-bond donors (Lipinski definition) is 0. The lowest BCUT2D eigenvalue weighted by molar-refractivity contribution is 0.101. The van der Waals surface area contributed by atoms with Gasteiger partial charge in [-0.25, -0.2) is 0 Å². The van der Waals surface area contributed by atoms with Gasteiger partial charge in [0.1, 0.15) is 0 Å². The van der Waals surface area contributed by atoms with Gasteiger partial charge in [-0.15, -0.1) is 11.3 Å². The van der Waals surface area contributed by atoms with Crippen LogP contribution < -0.4 is 5.43 Å². The van der Waals surface area contributed by atoms with Gasteiger partial charge in [-0.1, -0.05) is 24.6 Å². The number of carbonyl (C=O) groups excluding carboxylic acids is 1. The number of carbonyl (C=O) groups is 1. The molecule has 2 aliphatic carbocycles. The smallest absolute Gasteiger partial charge is 0.200 e. The minimum atomic E-state index is -0.214. The number of nitrogens with zero attached hydrogens (tertiary/aromatic N) is 1. The van der Waals surface area contributed by atoms with E-state index in [1.54, 1.807) is 6.20 Å². The Morgan fingerprint density at radius 3 is 2.76 bits per heavy atom. The van der Waals surface area contributed by atoms with Crippen LogP contribution in [-0.2, 0) is 6.42 Å². The van der Waals surface area contributed by atoms with Gasteiger partial charge in [-0.05, 0) is 69.1 Å². The fourth-order valence-electron chi connectivity index (χ4n) is 4.69. The van der Waals surface area contributed by atoms with Gasteiger partial charge in [0.15, 0.2) is 11.2 Å². The van der Waals surface area contributed by atoms with Crippen molar-refractivity contribution in [3.63, 3.8) is 0 Å². The highest BCUT2D eigenvalue weighted by Crippen LogP contribution is 2.46. The number of aryl methyl sites for hydroxylation is 1. The number of ketones is 1. The molecule has 1 fully saturated rings. The minimum Gasteiger partial charge on any atom is -0.342 e. The van der Waals surface area contributed by atoms with Crippen molar-refractivity contribution >= 4 is 39.6 Å². The molecule has 1 atom stereocenters. The molecule has 0 bridgehead atoms. The topological polar surface area (TPSA) is 39.1 Å². The predicted molar refractivity (Wildman–Crippen MR) is 121 cm³/mol. The summed E-state index contributed by atoms with van der Waals surface area (Å²) in [5.74, 6) is 0.453. The van der Waals surface area contributed by atoms with Crippen LogP contribution in [0, 0.1) is 0 Å². The molecule has 0 aliphatic heterocycles. The first-order chi connectivity index (χ1) is 14.0. The molecule has 5 rings (SSSR count). The van der Waals surface area contributed by atoms with Crippen molar-refractivity contribution in [2.24, 2.45) is 0 Å². The van der Waals surface area contributed by atoms with Crippen molar-refractivity contribution in [3.05, 3.63) is 55.6 Å². The summed E-state index contributed by atoms with van der Waals surface area (Å²) in [7, 11) is 0. The van der Waals surface area contributed by atoms with Gasteiger partial charge in [0, 0.05) is 32.9 Å². The predicted octanol–water partition coefficient (Wildman–Crippen LogP) is 6.75. The Morgan fingerprint density at radius 2 is 2.07 bits per heavy atom. The fraction of sp³-hybridized carbons (Fsp3) is 0.417. The van der Waals surface area contributed by atoms with Gasteiger partial charge in [0.25, 0.3) is 0 Å². The van der Waals surface area contributed by atoms with Gasteiger partial charge >= 0.3 is 0 Å². The Bertz CT molecular complexity index is 1200. The highest BCUT2D eigenvalue weighted by Gasteiger charge is 2.29. The standard InChI is InChI=1S/C24H24ClNO2S/c1-3-14-5-4-6-20-18(14)11-21(29-20)16-9-10-17-23(22(16)25)26(15-7-8-15)12-19(13(2)27)24(17)28/h9-12,14-15H,3-8H2,1-2H3. The van der Waals surface area contributed by atoms with Crippen molar-refractivity contribution in [1.82, 2.24) is 4.57 Å². The lowest BCUT2D eigenvalue weighted by Gasteiger charge is -2.20. The zero-order valence-corrected chi connectivity index (χ0v) is 18.3. The molecule has 0 radical (unpaired) electrons. The number of thiophene rings is 1. The largest absolute Gasteiger partial charge is 0.342 e. The highest BCUT2D eigenvalue weighted by molar-refractivity contribution is 7.15. The van der Waals surface area contributed by atoms with E-state index >= 15 is 0 Å². The molecule has 5 heteroatoms. The first-order valence-corrected chi connectivity index (χ1v) is 11.7. The second-order valence-electron chi connectivity index (χ2n) is 8.38. The average molecular weight is 426 g/mol. The third kappa shape index (κ3) is 3.08. The second kappa shape index (κ2) is 7.10. The number of Topliss-reactive ketones (excluding diaryl/α,β-unsaturated/α-hetero) is 1. The summed E-state index contributed by atoms with van der Waals surface area (Å²) in [5.41, 5.74) is 3.30. The fourth-order valence-corrected chi connectivity index (χ4v) is 6.44. The van der Waals surface area contributed by atoms with Crippen LogP contribution >= 0.6 is 22.9 Å². The van der Waals surface area contributed by atoms with Crippen molar-refractivity contribution in [2.45, 2.75) is 64.3 Å². The minimum absolute atomic E-state index is 0.192. The quantitative estimate of drug-likeness (QED) is 0.433. The SMILES string of the molecule is CCC1CCCc2sc(-c3ccc4c(=O)c(C(C)=O)cn(C5CC5)c4c3Cl)cc21. The van der Waals surface area contributed by atoms with E-state index in [-0.39, 0.29) is 16.8 Å². The highest BCUT2D eigenvalue weighted by atomic mass is 35.5. The zero-order chi connectivity index (χ0) is 20.3. The molecule has 2 aromatic heterocycles. The molecule has 0 saturated heterocycles. The Morgan fingerprint density at radius 1 is 1.28 bits per heavy atom. The molecule has 0 spiro atoms. The van der Waals surface area contributed by atoms with Crippen LogP contribution in [-0.4, -0.2) is 10.4 Å². The molecular formula is C24H24ClNO2S. The molecule has 1 unspecified atom stereocenters. The van der Waals surface area contributed by atoms with E-state index in [9.17, 15) is 9.59 Å². The number of rotatable bonds is 4. The lowest BCUT2D eigenvalue weighted by Crippen LogP contribution is -2.17. The van der Waals surface area contributed by atoms with Gasteiger partial charge < -0.3 is 4.57 Å². The van der Waals surface area contributed by atoms with E-state index in [0.717, 1.165) is 30.3 Å². The summed E-state index contributed by atoms with van der Waals surface area (Å²) in [4.78, 5) is 27.6. The van der Waals surface area contributed by atoms with Crippen LogP contribution in [0.1, 0.15) is 78.7 Å². The van der Waals surface area contributed by atoms with E-state index in [2.05, 4.69) is 17.6 Å². The number of hydrogen-bond acceptors (Lipinski definition) is 3. The summed E-state index contributed by atoms with van der Waals surface area (Å²) < 4.78 is 2.07. The number of halogens is 1. The molecule has 29 heavy (non-hydrogen) atoms. The molecule has 1 saturated carbocycles. The molecule has 1 aromatic carbocycles. The Balaban J connectivity index is 1.73. The summed E-state index contributed by atoms with van der Waals surface area (Å²) >= 11 is 8.80. The third-order valence-electron chi connectivity index (χ3n) is 6.45. The van der Waals surface area contributed by atoms with Crippen LogP contribution in [0.2, 0.25) is 5.02 Å². The molecular weight excluding hydrogens is 402 g/mol. The molecule has 3 aromatic rings. The normalized spacial score (nSPS) is 18.8. The molecule has 2 heterocycles. The van der Waals surface area contributed by atoms with E-state index in [4.69, 9.17) is 11.6 Å². The summed E-state index contributed by atoms with van der Waals surface area (Å²) in [5, 5.41) is 1.18. The monoisotopic (exact) mass is 425 g/mol. The van der Waals surface area contributed by atoms with Crippen molar-refractivity contribution in [1.29, 1.82) is 0 Å². The maximum atomic E-state index is 12.9. The molecule has 150 valence electrons. The molecule has 0 amide bonds. The number of fused-ring (bicyclic) bond motifs is 2. The number of benzene rings is 1. The maximum Gasteiger partial charge on any atom is 0.200 e. The molecule has 0 N–H and O–H groups in total. The van der Waals surface area contributed by atoms with E-state index in [0.29, 0.717) is 22.4 Å². The van der Waals surface area contributed by atoms with Gasteiger partial charge in [0.2, 0.25) is 0 Å². The van der Waals surface area contributed by atoms with Crippen molar-refractivity contribution < 1.29 is 4.79 Å². The number of aromatic nitrogens is 1. The average Bonchev–Trinajstić information content (AvgIpc) is 3.46. The van der Waals surface area contributed by atoms with Gasteiger partial charge in [0.05, 0.1) is 16.1 Å². The first-order valence-electron chi connectivity index (χ1n) is 10.5. The summed E-state index contributed by atoms with van der Waals surface area (Å²) in [6, 6.07) is 6.47. The van der Waals surface area contributed by atoms with Gasteiger partial charge in [-0.3, -0.25) is 9.59 Å². The Hall–Kier alpha value is -1.91. The number of pyridine rings is 1. The lowest BCUT2D eigenvalue weighted by atomic mass is 9.85. The maximum absolute atomic E-state index is 12.9. The van der Waals surface area contributed by atoms with E-state index < -0.39 is 0 Å². The third-order valence-corrected chi connectivity index (χ3v) is 8.07. The zero-order valence-electron chi connectivity index (χ0n) is 16.8. The first kappa shape index (κ1) is 19.1. The van der Waals surface area contributed by atoms with E-state index in [1.807, 2.05) is 23.5 Å². The van der Waals surface area contributed by atoms with Gasteiger partial charge in [-0.2, -0.15) is 0 Å². The van der Waals surface area contributed by atoms with E-state index in [1.165, 1.54) is 41.5 Å². The Labute approximate surface area is 179 Å². The van der Waals surface area contributed by atoms with Crippen molar-refractivity contribution in [2.75, 3.05) is 0 Å². The molecule has 2 aliphatic rings. The van der Waals surface area contributed by atoms with Crippen LogP contribution in [0.25, 0.3) is 21.3 Å². The van der Waals surface area contributed by atoms with Crippen LogP contribution in [0.4, 0.5) is 0 Å². The Kier molecular flexibility index (Phi) is 4.67. The van der Waals surface area contributed by atoms with Crippen LogP contribution in [0.3, 0.4) is 0 Å².